The van der Waals surface area contributed by atoms with Crippen LogP contribution in [0.4, 0.5) is 8.78 Å². The van der Waals surface area contributed by atoms with E-state index in [4.69, 9.17) is 0 Å². The third kappa shape index (κ3) is 4.25. The maximum absolute atomic E-state index is 13.8. The van der Waals surface area contributed by atoms with Crippen LogP contribution in [0.1, 0.15) is 43.9 Å². The van der Waals surface area contributed by atoms with Crippen LogP contribution in [0.5, 0.6) is 0 Å². The molecule has 1 aliphatic carbocycles. The Labute approximate surface area is 193 Å². The van der Waals surface area contributed by atoms with Crippen molar-refractivity contribution < 1.29 is 8.78 Å². The second-order valence-electron chi connectivity index (χ2n) is 9.16. The van der Waals surface area contributed by atoms with Crippen molar-refractivity contribution in [2.45, 2.75) is 48.7 Å². The largest absolute Gasteiger partial charge is 0.347 e. The highest BCUT2D eigenvalue weighted by Crippen LogP contribution is 2.54. The van der Waals surface area contributed by atoms with E-state index in [2.05, 4.69) is 22.5 Å². The van der Waals surface area contributed by atoms with Crippen molar-refractivity contribution in [3.63, 3.8) is 0 Å². The Morgan fingerprint density at radius 1 is 1.03 bits per heavy atom. The number of benzene rings is 2. The average Bonchev–Trinajstić information content (AvgIpc) is 3.51. The van der Waals surface area contributed by atoms with Crippen molar-refractivity contribution in [1.29, 1.82) is 0 Å². The molecule has 1 fully saturated rings. The molecule has 2 aromatic carbocycles. The van der Waals surface area contributed by atoms with E-state index in [-0.39, 0.29) is 11.6 Å². The molecule has 0 atom stereocenters. The van der Waals surface area contributed by atoms with Crippen LogP contribution in [0, 0.1) is 11.6 Å². The lowest BCUT2D eigenvalue weighted by Crippen LogP contribution is -2.31. The fourth-order valence-corrected chi connectivity index (χ4v) is 6.30. The topological polar surface area (TPSA) is 8.17 Å². The van der Waals surface area contributed by atoms with Gasteiger partial charge in [-0.25, -0.2) is 8.78 Å². The SMILES string of the molecule is CCc1c(C2=CCN(CCC3(Sc4ccc(F)cc4)CC3)CC2)c2ccc(F)cc2n1C. The molecule has 1 saturated carbocycles. The Bertz CT molecular complexity index is 1160. The van der Waals surface area contributed by atoms with E-state index in [1.54, 1.807) is 24.3 Å². The van der Waals surface area contributed by atoms with Gasteiger partial charge in [-0.15, -0.1) is 11.8 Å². The third-order valence-electron chi connectivity index (χ3n) is 7.07. The summed E-state index contributed by atoms with van der Waals surface area (Å²) in [6, 6.07) is 12.1. The molecule has 0 saturated heterocycles. The highest BCUT2D eigenvalue weighted by molar-refractivity contribution is 8.01. The molecular weight excluding hydrogens is 422 g/mol. The van der Waals surface area contributed by atoms with Crippen LogP contribution in [-0.2, 0) is 13.5 Å². The summed E-state index contributed by atoms with van der Waals surface area (Å²) in [6.07, 6.45) is 8.01. The zero-order chi connectivity index (χ0) is 22.3. The molecule has 0 amide bonds. The molecule has 1 aliphatic heterocycles. The van der Waals surface area contributed by atoms with Crippen LogP contribution in [0.25, 0.3) is 16.5 Å². The second kappa shape index (κ2) is 8.68. The minimum Gasteiger partial charge on any atom is -0.347 e. The first-order chi connectivity index (χ1) is 15.5. The van der Waals surface area contributed by atoms with Crippen LogP contribution in [0.2, 0.25) is 0 Å². The van der Waals surface area contributed by atoms with Crippen molar-refractivity contribution >= 4 is 28.2 Å². The number of rotatable bonds is 7. The minimum absolute atomic E-state index is 0.169. The Kier molecular flexibility index (Phi) is 5.89. The summed E-state index contributed by atoms with van der Waals surface area (Å²) < 4.78 is 29.5. The van der Waals surface area contributed by atoms with E-state index in [1.165, 1.54) is 41.0 Å². The highest BCUT2D eigenvalue weighted by Gasteiger charge is 2.43. The number of aryl methyl sites for hydroxylation is 1. The summed E-state index contributed by atoms with van der Waals surface area (Å²) in [7, 11) is 2.05. The molecule has 3 aromatic rings. The van der Waals surface area contributed by atoms with Gasteiger partial charge in [-0.3, -0.25) is 4.90 Å². The third-order valence-corrected chi connectivity index (χ3v) is 8.63. The quantitative estimate of drug-likeness (QED) is 0.388. The van der Waals surface area contributed by atoms with Gasteiger partial charge in [0.05, 0.1) is 5.52 Å². The molecule has 0 bridgehead atoms. The summed E-state index contributed by atoms with van der Waals surface area (Å²) in [4.78, 5) is 3.72. The number of thioether (sulfide) groups is 1. The summed E-state index contributed by atoms with van der Waals surface area (Å²) in [5, 5.41) is 1.16. The zero-order valence-electron chi connectivity index (χ0n) is 18.8. The molecule has 2 nitrogen and oxygen atoms in total. The molecule has 168 valence electrons. The number of aromatic nitrogens is 1. The van der Waals surface area contributed by atoms with E-state index >= 15 is 0 Å². The van der Waals surface area contributed by atoms with Crippen LogP contribution in [-0.4, -0.2) is 33.8 Å². The van der Waals surface area contributed by atoms with E-state index in [1.807, 2.05) is 37.0 Å². The lowest BCUT2D eigenvalue weighted by atomic mass is 9.95. The van der Waals surface area contributed by atoms with Gasteiger partial charge in [-0.2, -0.15) is 0 Å². The molecule has 32 heavy (non-hydrogen) atoms. The lowest BCUT2D eigenvalue weighted by molar-refractivity contribution is 0.295. The van der Waals surface area contributed by atoms with Crippen molar-refractivity contribution in [1.82, 2.24) is 9.47 Å². The molecule has 2 heterocycles. The molecule has 5 heteroatoms. The molecule has 0 radical (unpaired) electrons. The average molecular weight is 453 g/mol. The van der Waals surface area contributed by atoms with E-state index in [0.717, 1.165) is 43.4 Å². The van der Waals surface area contributed by atoms with Gasteiger partial charge in [0, 0.05) is 46.4 Å². The number of nitrogens with zero attached hydrogens (tertiary/aromatic N) is 2. The Morgan fingerprint density at radius 3 is 2.44 bits per heavy atom. The normalized spacial score (nSPS) is 18.2. The number of fused-ring (bicyclic) bond motifs is 1. The minimum atomic E-state index is -0.177. The van der Waals surface area contributed by atoms with Gasteiger partial charge in [0.1, 0.15) is 11.6 Å². The van der Waals surface area contributed by atoms with E-state index in [0.29, 0.717) is 4.75 Å². The van der Waals surface area contributed by atoms with Gasteiger partial charge in [0.2, 0.25) is 0 Å². The summed E-state index contributed by atoms with van der Waals surface area (Å²) in [5.41, 5.74) is 4.99. The Hall–Kier alpha value is -2.11. The first-order valence-electron chi connectivity index (χ1n) is 11.6. The van der Waals surface area contributed by atoms with E-state index in [9.17, 15) is 8.78 Å². The zero-order valence-corrected chi connectivity index (χ0v) is 19.7. The number of hydrogen-bond donors (Lipinski definition) is 0. The summed E-state index contributed by atoms with van der Waals surface area (Å²) in [6.45, 7) is 5.30. The number of halogens is 2. The van der Waals surface area contributed by atoms with Crippen LogP contribution in [0.15, 0.2) is 53.4 Å². The fraction of sp³-hybridized carbons (Fsp3) is 0.407. The van der Waals surface area contributed by atoms with Gasteiger partial charge in [0.25, 0.3) is 0 Å². The summed E-state index contributed by atoms with van der Waals surface area (Å²) in [5.74, 6) is -0.346. The molecule has 5 rings (SSSR count). The summed E-state index contributed by atoms with van der Waals surface area (Å²) >= 11 is 1.92. The number of hydrogen-bond acceptors (Lipinski definition) is 2. The standard InChI is InChI=1S/C27H30F2N2S/c1-3-24-26(23-9-6-21(29)18-25(23)30(24)2)19-10-15-31(16-11-19)17-14-27(12-13-27)32-22-7-4-20(28)5-8-22/h4-10,18H,3,11-17H2,1-2H3. The monoisotopic (exact) mass is 452 g/mol. The first kappa shape index (κ1) is 21.7. The van der Waals surface area contributed by atoms with Crippen LogP contribution < -0.4 is 0 Å². The van der Waals surface area contributed by atoms with E-state index < -0.39 is 0 Å². The van der Waals surface area contributed by atoms with Gasteiger partial charge in [-0.05, 0) is 86.7 Å². The first-order valence-corrected chi connectivity index (χ1v) is 12.4. The van der Waals surface area contributed by atoms with Crippen molar-refractivity contribution in [3.05, 3.63) is 71.4 Å². The van der Waals surface area contributed by atoms with Gasteiger partial charge in [0.15, 0.2) is 0 Å². The molecule has 0 unspecified atom stereocenters. The molecule has 0 N–H and O–H groups in total. The lowest BCUT2D eigenvalue weighted by Gasteiger charge is -2.28. The predicted octanol–water partition coefficient (Wildman–Crippen LogP) is 6.82. The van der Waals surface area contributed by atoms with Crippen molar-refractivity contribution in [2.75, 3.05) is 19.6 Å². The molecule has 0 spiro atoms. The maximum Gasteiger partial charge on any atom is 0.125 e. The second-order valence-corrected chi connectivity index (χ2v) is 10.7. The maximum atomic E-state index is 13.8. The smallest absolute Gasteiger partial charge is 0.125 e. The van der Waals surface area contributed by atoms with Crippen LogP contribution >= 0.6 is 11.8 Å². The van der Waals surface area contributed by atoms with Crippen LogP contribution in [0.3, 0.4) is 0 Å². The van der Waals surface area contributed by atoms with Gasteiger partial charge < -0.3 is 4.57 Å². The van der Waals surface area contributed by atoms with Gasteiger partial charge >= 0.3 is 0 Å². The Morgan fingerprint density at radius 2 is 1.78 bits per heavy atom. The van der Waals surface area contributed by atoms with Crippen molar-refractivity contribution in [3.8, 4) is 0 Å². The van der Waals surface area contributed by atoms with Gasteiger partial charge in [-0.1, -0.05) is 13.0 Å². The Balaban J connectivity index is 1.26. The molecule has 2 aliphatic rings. The predicted molar refractivity (Wildman–Crippen MR) is 130 cm³/mol. The van der Waals surface area contributed by atoms with Crippen molar-refractivity contribution in [2.24, 2.45) is 7.05 Å². The molecule has 1 aromatic heterocycles. The molecular formula is C27H30F2N2S. The highest BCUT2D eigenvalue weighted by atomic mass is 32.2. The fourth-order valence-electron chi connectivity index (χ4n) is 5.03.